The van der Waals surface area contributed by atoms with Gasteiger partial charge in [-0.3, -0.25) is 4.79 Å². The Morgan fingerprint density at radius 1 is 1.25 bits per heavy atom. The number of carbonyl (C=O) groups excluding carboxylic acids is 2. The van der Waals surface area contributed by atoms with Crippen molar-refractivity contribution < 1.29 is 18.7 Å². The average molecular weight is 462 g/mol. The molecule has 3 rings (SSSR count). The molecule has 0 saturated heterocycles. The van der Waals surface area contributed by atoms with E-state index in [-0.39, 0.29) is 49.0 Å². The summed E-state index contributed by atoms with van der Waals surface area (Å²) >= 11 is 1.68. The topological polar surface area (TPSA) is 61.9 Å². The van der Waals surface area contributed by atoms with Crippen LogP contribution in [0.5, 0.6) is 5.75 Å². The van der Waals surface area contributed by atoms with Crippen LogP contribution in [0.3, 0.4) is 0 Å². The van der Waals surface area contributed by atoms with Crippen molar-refractivity contribution in [1.29, 1.82) is 0 Å². The van der Waals surface area contributed by atoms with E-state index in [0.29, 0.717) is 12.3 Å². The minimum absolute atomic E-state index is 0.00985. The average Bonchev–Trinajstić information content (AvgIpc) is 3.24. The molecule has 0 bridgehead atoms. The molecule has 0 radical (unpaired) electrons. The number of hydrogen-bond donors (Lipinski definition) is 1. The van der Waals surface area contributed by atoms with E-state index in [1.807, 2.05) is 44.0 Å². The van der Waals surface area contributed by atoms with E-state index in [4.69, 9.17) is 4.74 Å². The molecule has 1 aromatic carbocycles. The molecular weight excluding hydrogens is 429 g/mol. The van der Waals surface area contributed by atoms with Crippen LogP contribution >= 0.6 is 11.3 Å². The van der Waals surface area contributed by atoms with Crippen molar-refractivity contribution in [3.63, 3.8) is 0 Å². The molecule has 0 fully saturated rings. The number of benzene rings is 1. The Hall–Kier alpha value is -2.61. The first-order chi connectivity index (χ1) is 15.3. The summed E-state index contributed by atoms with van der Waals surface area (Å²) in [5.74, 6) is 0.129. The number of nitrogens with zero attached hydrogens (tertiary/aromatic N) is 2. The summed E-state index contributed by atoms with van der Waals surface area (Å²) in [6.07, 6.45) is 1.54. The number of rotatable bonds is 8. The van der Waals surface area contributed by atoms with Gasteiger partial charge in [-0.2, -0.15) is 0 Å². The summed E-state index contributed by atoms with van der Waals surface area (Å²) in [6.45, 7) is 8.62. The standard InChI is InChI=1S/C24H32FN3O3S/c1-5-17(4)28(24(30)26-16(2)3)14-23(29)27-12-10-22-20(11-13-32-22)21(27)15-31-19-8-6-18(25)7-9-19/h6-9,11,13,16-17,21H,5,10,12,14-15H2,1-4H3,(H,26,30). The second-order valence-electron chi connectivity index (χ2n) is 8.41. The number of thiophene rings is 1. The molecule has 0 spiro atoms. The van der Waals surface area contributed by atoms with Gasteiger partial charge in [0.05, 0.1) is 6.04 Å². The number of amides is 3. The molecule has 32 heavy (non-hydrogen) atoms. The highest BCUT2D eigenvalue weighted by Crippen LogP contribution is 2.34. The zero-order chi connectivity index (χ0) is 23.3. The molecule has 3 amide bonds. The van der Waals surface area contributed by atoms with Gasteiger partial charge in [0, 0.05) is 23.5 Å². The van der Waals surface area contributed by atoms with Gasteiger partial charge in [-0.15, -0.1) is 11.3 Å². The van der Waals surface area contributed by atoms with E-state index in [1.165, 1.54) is 17.0 Å². The lowest BCUT2D eigenvalue weighted by Gasteiger charge is -2.38. The number of fused-ring (bicyclic) bond motifs is 1. The van der Waals surface area contributed by atoms with Gasteiger partial charge in [0.2, 0.25) is 5.91 Å². The van der Waals surface area contributed by atoms with Crippen LogP contribution in [0.2, 0.25) is 0 Å². The van der Waals surface area contributed by atoms with Crippen LogP contribution in [0.1, 0.15) is 50.6 Å². The van der Waals surface area contributed by atoms with Gasteiger partial charge >= 0.3 is 6.03 Å². The molecule has 0 aliphatic carbocycles. The van der Waals surface area contributed by atoms with Crippen molar-refractivity contribution in [2.45, 2.75) is 58.7 Å². The van der Waals surface area contributed by atoms with Crippen LogP contribution in [0, 0.1) is 5.82 Å². The first-order valence-electron chi connectivity index (χ1n) is 11.1. The van der Waals surface area contributed by atoms with Gasteiger partial charge in [-0.1, -0.05) is 6.92 Å². The second-order valence-corrected chi connectivity index (χ2v) is 9.41. The van der Waals surface area contributed by atoms with Crippen molar-refractivity contribution >= 4 is 23.3 Å². The highest BCUT2D eigenvalue weighted by molar-refractivity contribution is 7.10. The van der Waals surface area contributed by atoms with Gasteiger partial charge in [0.25, 0.3) is 0 Å². The largest absolute Gasteiger partial charge is 0.491 e. The Balaban J connectivity index is 1.77. The van der Waals surface area contributed by atoms with E-state index < -0.39 is 0 Å². The Kier molecular flexibility index (Phi) is 8.12. The third-order valence-electron chi connectivity index (χ3n) is 5.74. The fourth-order valence-corrected chi connectivity index (χ4v) is 4.72. The number of carbonyl (C=O) groups is 2. The predicted octanol–water partition coefficient (Wildman–Crippen LogP) is 4.61. The maximum Gasteiger partial charge on any atom is 0.318 e. The molecule has 2 heterocycles. The van der Waals surface area contributed by atoms with Crippen molar-refractivity contribution in [1.82, 2.24) is 15.1 Å². The first kappa shape index (κ1) is 24.0. The normalized spacial score (nSPS) is 16.4. The lowest BCUT2D eigenvalue weighted by atomic mass is 10.00. The molecule has 1 aliphatic heterocycles. The van der Waals surface area contributed by atoms with Crippen LogP contribution in [-0.4, -0.2) is 53.5 Å². The zero-order valence-corrected chi connectivity index (χ0v) is 20.0. The van der Waals surface area contributed by atoms with Gasteiger partial charge < -0.3 is 19.9 Å². The van der Waals surface area contributed by atoms with Gasteiger partial charge in [0.1, 0.15) is 24.7 Å². The van der Waals surface area contributed by atoms with Crippen LogP contribution < -0.4 is 10.1 Å². The van der Waals surface area contributed by atoms with Crippen LogP contribution in [-0.2, 0) is 11.2 Å². The highest BCUT2D eigenvalue weighted by Gasteiger charge is 2.34. The van der Waals surface area contributed by atoms with Crippen molar-refractivity contribution in [3.05, 3.63) is 52.0 Å². The predicted molar refractivity (Wildman–Crippen MR) is 124 cm³/mol. The number of urea groups is 1. The van der Waals surface area contributed by atoms with E-state index in [1.54, 1.807) is 28.4 Å². The first-order valence-corrected chi connectivity index (χ1v) is 12.0. The lowest BCUT2D eigenvalue weighted by molar-refractivity contribution is -0.136. The smallest absolute Gasteiger partial charge is 0.318 e. The molecule has 0 saturated carbocycles. The Morgan fingerprint density at radius 2 is 1.97 bits per heavy atom. The number of nitrogens with one attached hydrogen (secondary N) is 1. The number of ether oxygens (including phenoxy) is 1. The minimum Gasteiger partial charge on any atom is -0.491 e. The molecule has 174 valence electrons. The van der Waals surface area contributed by atoms with E-state index in [0.717, 1.165) is 18.4 Å². The molecule has 6 nitrogen and oxygen atoms in total. The Morgan fingerprint density at radius 3 is 2.62 bits per heavy atom. The second kappa shape index (κ2) is 10.8. The summed E-state index contributed by atoms with van der Waals surface area (Å²) in [4.78, 5) is 30.8. The van der Waals surface area contributed by atoms with Gasteiger partial charge in [-0.05, 0) is 74.9 Å². The minimum atomic E-state index is -0.322. The molecule has 8 heteroatoms. The summed E-state index contributed by atoms with van der Waals surface area (Å²) < 4.78 is 19.2. The van der Waals surface area contributed by atoms with Gasteiger partial charge in [-0.25, -0.2) is 9.18 Å². The summed E-state index contributed by atoms with van der Waals surface area (Å²) in [7, 11) is 0. The molecule has 2 atom stereocenters. The Bertz CT molecular complexity index is 915. The monoisotopic (exact) mass is 461 g/mol. The quantitative estimate of drug-likeness (QED) is 0.625. The van der Waals surface area contributed by atoms with Crippen molar-refractivity contribution in [3.8, 4) is 5.75 Å². The zero-order valence-electron chi connectivity index (χ0n) is 19.1. The van der Waals surface area contributed by atoms with Crippen molar-refractivity contribution in [2.75, 3.05) is 19.7 Å². The summed E-state index contributed by atoms with van der Waals surface area (Å²) in [5, 5.41) is 4.94. The fraction of sp³-hybridized carbons (Fsp3) is 0.500. The summed E-state index contributed by atoms with van der Waals surface area (Å²) in [6, 6.07) is 7.36. The van der Waals surface area contributed by atoms with Crippen molar-refractivity contribution in [2.24, 2.45) is 0 Å². The molecule has 1 N–H and O–H groups in total. The fourth-order valence-electron chi connectivity index (χ4n) is 3.80. The SMILES string of the molecule is CCC(C)N(CC(=O)N1CCc2sccc2C1COc1ccc(F)cc1)C(=O)NC(C)C. The third kappa shape index (κ3) is 5.79. The third-order valence-corrected chi connectivity index (χ3v) is 6.73. The Labute approximate surface area is 193 Å². The number of halogens is 1. The molecular formula is C24H32FN3O3S. The molecule has 2 aromatic rings. The lowest BCUT2D eigenvalue weighted by Crippen LogP contribution is -2.53. The molecule has 2 unspecified atom stereocenters. The van der Waals surface area contributed by atoms with E-state index in [9.17, 15) is 14.0 Å². The maximum absolute atomic E-state index is 13.4. The summed E-state index contributed by atoms with van der Waals surface area (Å²) in [5.41, 5.74) is 1.08. The van der Waals surface area contributed by atoms with Gasteiger partial charge in [0.15, 0.2) is 0 Å². The van der Waals surface area contributed by atoms with Crippen LogP contribution in [0.4, 0.5) is 9.18 Å². The molecule has 1 aliphatic rings. The van der Waals surface area contributed by atoms with Crippen LogP contribution in [0.25, 0.3) is 0 Å². The molecule has 1 aromatic heterocycles. The highest BCUT2D eigenvalue weighted by atomic mass is 32.1. The van der Waals surface area contributed by atoms with Crippen LogP contribution in [0.15, 0.2) is 35.7 Å². The maximum atomic E-state index is 13.4. The van der Waals surface area contributed by atoms with E-state index in [2.05, 4.69) is 5.32 Å². The van der Waals surface area contributed by atoms with E-state index >= 15 is 0 Å². The number of hydrogen-bond acceptors (Lipinski definition) is 4.